The average molecular weight is 291 g/mol. The highest BCUT2D eigenvalue weighted by molar-refractivity contribution is 5.95. The summed E-state index contributed by atoms with van der Waals surface area (Å²) >= 11 is 0. The molecule has 1 atom stereocenters. The van der Waals surface area contributed by atoms with Gasteiger partial charge in [-0.15, -0.1) is 0 Å². The standard InChI is InChI=1S/C16H25N3O2/c1-3-13(2)17-12-16(20)18-14-6-4-5-7-15(14)19-8-10-21-11-9-19/h4-7,13,17H,3,8-12H2,1-2H3,(H,18,20). The molecule has 1 heterocycles. The second-order valence-electron chi connectivity index (χ2n) is 5.35. The highest BCUT2D eigenvalue weighted by Crippen LogP contribution is 2.26. The third kappa shape index (κ3) is 4.72. The monoisotopic (exact) mass is 291 g/mol. The van der Waals surface area contributed by atoms with E-state index in [-0.39, 0.29) is 5.91 Å². The first-order chi connectivity index (χ1) is 10.2. The molecule has 1 aliphatic heterocycles. The molecule has 1 amide bonds. The van der Waals surface area contributed by atoms with Crippen LogP contribution in [0.15, 0.2) is 24.3 Å². The lowest BCUT2D eigenvalue weighted by atomic mass is 10.2. The quantitative estimate of drug-likeness (QED) is 0.840. The minimum atomic E-state index is -0.00369. The number of morpholine rings is 1. The molecule has 5 nitrogen and oxygen atoms in total. The lowest BCUT2D eigenvalue weighted by molar-refractivity contribution is -0.115. The number of carbonyl (C=O) groups is 1. The fraction of sp³-hybridized carbons (Fsp3) is 0.562. The largest absolute Gasteiger partial charge is 0.378 e. The molecule has 1 aromatic carbocycles. The maximum absolute atomic E-state index is 12.1. The molecule has 0 saturated carbocycles. The molecule has 0 bridgehead atoms. The van der Waals surface area contributed by atoms with Gasteiger partial charge in [0.05, 0.1) is 31.1 Å². The van der Waals surface area contributed by atoms with Crippen molar-refractivity contribution in [2.75, 3.05) is 43.1 Å². The van der Waals surface area contributed by atoms with E-state index < -0.39 is 0 Å². The zero-order chi connectivity index (χ0) is 15.1. The maximum Gasteiger partial charge on any atom is 0.238 e. The molecular formula is C16H25N3O2. The third-order valence-corrected chi connectivity index (χ3v) is 3.75. The van der Waals surface area contributed by atoms with E-state index in [1.54, 1.807) is 0 Å². The number of ether oxygens (including phenoxy) is 1. The fourth-order valence-corrected chi connectivity index (χ4v) is 2.27. The van der Waals surface area contributed by atoms with E-state index in [9.17, 15) is 4.79 Å². The number of nitrogens with zero attached hydrogens (tertiary/aromatic N) is 1. The summed E-state index contributed by atoms with van der Waals surface area (Å²) in [6, 6.07) is 8.29. The van der Waals surface area contributed by atoms with E-state index in [2.05, 4.69) is 29.4 Å². The van der Waals surface area contributed by atoms with Gasteiger partial charge in [0.25, 0.3) is 0 Å². The van der Waals surface area contributed by atoms with Crippen molar-refractivity contribution >= 4 is 17.3 Å². The van der Waals surface area contributed by atoms with Gasteiger partial charge in [0.1, 0.15) is 0 Å². The van der Waals surface area contributed by atoms with Crippen molar-refractivity contribution in [2.24, 2.45) is 0 Å². The fourth-order valence-electron chi connectivity index (χ4n) is 2.27. The van der Waals surface area contributed by atoms with Crippen molar-refractivity contribution in [1.29, 1.82) is 0 Å². The van der Waals surface area contributed by atoms with Crippen LogP contribution in [0.5, 0.6) is 0 Å². The van der Waals surface area contributed by atoms with Gasteiger partial charge in [-0.1, -0.05) is 19.1 Å². The van der Waals surface area contributed by atoms with Crippen LogP contribution in [0.1, 0.15) is 20.3 Å². The second-order valence-corrected chi connectivity index (χ2v) is 5.35. The number of amides is 1. The van der Waals surface area contributed by atoms with Gasteiger partial charge < -0.3 is 20.3 Å². The highest BCUT2D eigenvalue weighted by Gasteiger charge is 2.15. The van der Waals surface area contributed by atoms with Crippen molar-refractivity contribution < 1.29 is 9.53 Å². The van der Waals surface area contributed by atoms with Crippen molar-refractivity contribution in [3.05, 3.63) is 24.3 Å². The number of carbonyl (C=O) groups excluding carboxylic acids is 1. The van der Waals surface area contributed by atoms with Crippen LogP contribution in [0.2, 0.25) is 0 Å². The van der Waals surface area contributed by atoms with Gasteiger partial charge in [-0.25, -0.2) is 0 Å². The minimum Gasteiger partial charge on any atom is -0.378 e. The summed E-state index contributed by atoms with van der Waals surface area (Å²) in [5.74, 6) is -0.00369. The Balaban J connectivity index is 1.97. The number of para-hydroxylation sites is 2. The smallest absolute Gasteiger partial charge is 0.238 e. The Bertz CT molecular complexity index is 459. The molecule has 2 rings (SSSR count). The molecule has 21 heavy (non-hydrogen) atoms. The van der Waals surface area contributed by atoms with Gasteiger partial charge in [0.15, 0.2) is 0 Å². The summed E-state index contributed by atoms with van der Waals surface area (Å²) in [6.45, 7) is 7.70. The van der Waals surface area contributed by atoms with Gasteiger partial charge in [0, 0.05) is 19.1 Å². The summed E-state index contributed by atoms with van der Waals surface area (Å²) in [5.41, 5.74) is 1.94. The Labute approximate surface area is 126 Å². The van der Waals surface area contributed by atoms with Crippen LogP contribution in [0, 0.1) is 0 Å². The lowest BCUT2D eigenvalue weighted by Gasteiger charge is -2.30. The van der Waals surface area contributed by atoms with Crippen LogP contribution >= 0.6 is 0 Å². The van der Waals surface area contributed by atoms with Gasteiger partial charge in [-0.05, 0) is 25.5 Å². The normalized spacial score (nSPS) is 16.6. The molecule has 0 aromatic heterocycles. The predicted octanol–water partition coefficient (Wildman–Crippen LogP) is 1.85. The summed E-state index contributed by atoms with van der Waals surface area (Å²) in [4.78, 5) is 14.3. The zero-order valence-corrected chi connectivity index (χ0v) is 12.9. The van der Waals surface area contributed by atoms with Crippen molar-refractivity contribution in [1.82, 2.24) is 5.32 Å². The van der Waals surface area contributed by atoms with E-state index >= 15 is 0 Å². The lowest BCUT2D eigenvalue weighted by Crippen LogP contribution is -2.37. The minimum absolute atomic E-state index is 0.00369. The van der Waals surface area contributed by atoms with Crippen LogP contribution in [0.3, 0.4) is 0 Å². The molecule has 0 radical (unpaired) electrons. The van der Waals surface area contributed by atoms with E-state index in [1.807, 2.05) is 24.3 Å². The Hall–Kier alpha value is -1.59. The topological polar surface area (TPSA) is 53.6 Å². The number of benzene rings is 1. The van der Waals surface area contributed by atoms with Crippen LogP contribution in [-0.4, -0.2) is 44.8 Å². The SMILES string of the molecule is CCC(C)NCC(=O)Nc1ccccc1N1CCOCC1. The first-order valence-electron chi connectivity index (χ1n) is 7.65. The number of anilines is 2. The number of hydrogen-bond donors (Lipinski definition) is 2. The molecule has 1 saturated heterocycles. The molecule has 0 spiro atoms. The molecule has 116 valence electrons. The molecule has 1 aliphatic rings. The number of hydrogen-bond acceptors (Lipinski definition) is 4. The molecule has 1 unspecified atom stereocenters. The molecule has 0 aliphatic carbocycles. The Morgan fingerprint density at radius 2 is 2.05 bits per heavy atom. The maximum atomic E-state index is 12.1. The Morgan fingerprint density at radius 3 is 2.76 bits per heavy atom. The van der Waals surface area contributed by atoms with Gasteiger partial charge in [-0.3, -0.25) is 4.79 Å². The average Bonchev–Trinajstić information content (AvgIpc) is 2.54. The van der Waals surface area contributed by atoms with Gasteiger partial charge >= 0.3 is 0 Å². The molecule has 5 heteroatoms. The highest BCUT2D eigenvalue weighted by atomic mass is 16.5. The zero-order valence-electron chi connectivity index (χ0n) is 12.9. The van der Waals surface area contributed by atoms with Crippen LogP contribution < -0.4 is 15.5 Å². The van der Waals surface area contributed by atoms with Crippen molar-refractivity contribution in [3.63, 3.8) is 0 Å². The summed E-state index contributed by atoms with van der Waals surface area (Å²) < 4.78 is 5.38. The molecule has 1 fully saturated rings. The number of nitrogens with one attached hydrogen (secondary N) is 2. The molecule has 1 aromatic rings. The first kappa shape index (κ1) is 15.8. The van der Waals surface area contributed by atoms with Crippen LogP contribution in [0.4, 0.5) is 11.4 Å². The summed E-state index contributed by atoms with van der Waals surface area (Å²) in [7, 11) is 0. The first-order valence-corrected chi connectivity index (χ1v) is 7.65. The van der Waals surface area contributed by atoms with E-state index in [0.717, 1.165) is 44.1 Å². The van der Waals surface area contributed by atoms with Crippen molar-refractivity contribution in [3.8, 4) is 0 Å². The van der Waals surface area contributed by atoms with Crippen LogP contribution in [0.25, 0.3) is 0 Å². The van der Waals surface area contributed by atoms with Gasteiger partial charge in [0.2, 0.25) is 5.91 Å². The van der Waals surface area contributed by atoms with Gasteiger partial charge in [-0.2, -0.15) is 0 Å². The molecule has 2 N–H and O–H groups in total. The van der Waals surface area contributed by atoms with Crippen molar-refractivity contribution in [2.45, 2.75) is 26.3 Å². The van der Waals surface area contributed by atoms with E-state index in [1.165, 1.54) is 0 Å². The van der Waals surface area contributed by atoms with E-state index in [0.29, 0.717) is 12.6 Å². The van der Waals surface area contributed by atoms with E-state index in [4.69, 9.17) is 4.74 Å². The summed E-state index contributed by atoms with van der Waals surface area (Å²) in [6.07, 6.45) is 1.01. The third-order valence-electron chi connectivity index (χ3n) is 3.75. The summed E-state index contributed by atoms with van der Waals surface area (Å²) in [5, 5.41) is 6.21. The molecular weight excluding hydrogens is 266 g/mol. The second kappa shape index (κ2) is 8.00. The predicted molar refractivity (Wildman–Crippen MR) is 85.9 cm³/mol. The number of rotatable bonds is 6. The Morgan fingerprint density at radius 1 is 1.33 bits per heavy atom. The Kier molecular flexibility index (Phi) is 6.02. The van der Waals surface area contributed by atoms with Crippen LogP contribution in [-0.2, 0) is 9.53 Å².